The van der Waals surface area contributed by atoms with Crippen LogP contribution in [0.5, 0.6) is 5.75 Å². The molecule has 0 radical (unpaired) electrons. The summed E-state index contributed by atoms with van der Waals surface area (Å²) in [5, 5.41) is 1.50. The third kappa shape index (κ3) is 3.71. The van der Waals surface area contributed by atoms with Crippen LogP contribution in [0.3, 0.4) is 0 Å². The molecular formula is C24H25ClN6O2. The second-order valence-electron chi connectivity index (χ2n) is 7.99. The maximum Gasteiger partial charge on any atom is 0.164 e. The highest BCUT2D eigenvalue weighted by molar-refractivity contribution is 6.33. The molecule has 1 saturated heterocycles. The Morgan fingerprint density at radius 3 is 2.67 bits per heavy atom. The Bertz CT molecular complexity index is 1350. The molecule has 0 amide bonds. The van der Waals surface area contributed by atoms with Crippen LogP contribution in [0.4, 0.5) is 17.1 Å². The molecule has 170 valence electrons. The lowest BCUT2D eigenvalue weighted by atomic mass is 10.1. The number of nitrogen functional groups attached to an aromatic ring is 2. The van der Waals surface area contributed by atoms with Crippen molar-refractivity contribution in [3.63, 3.8) is 0 Å². The van der Waals surface area contributed by atoms with Gasteiger partial charge in [0.1, 0.15) is 5.75 Å². The molecule has 33 heavy (non-hydrogen) atoms. The highest BCUT2D eigenvalue weighted by atomic mass is 35.5. The second-order valence-corrected chi connectivity index (χ2v) is 8.40. The van der Waals surface area contributed by atoms with Gasteiger partial charge >= 0.3 is 0 Å². The SMILES string of the molecule is COc1ccc(N)c(-c2ncc(Cl)c(-c3cn(C)c4cc(N5CCOCC5)ccc34)n2)c1N. The maximum absolute atomic E-state index is 6.58. The van der Waals surface area contributed by atoms with Crippen molar-refractivity contribution in [2.75, 3.05) is 49.8 Å². The first-order chi connectivity index (χ1) is 16.0. The lowest BCUT2D eigenvalue weighted by molar-refractivity contribution is 0.122. The smallest absolute Gasteiger partial charge is 0.164 e. The fourth-order valence-electron chi connectivity index (χ4n) is 4.30. The van der Waals surface area contributed by atoms with Gasteiger partial charge in [0.2, 0.25) is 0 Å². The van der Waals surface area contributed by atoms with Crippen LogP contribution in [0.25, 0.3) is 33.5 Å². The number of hydrogen-bond donors (Lipinski definition) is 2. The number of fused-ring (bicyclic) bond motifs is 1. The number of ether oxygens (including phenoxy) is 2. The Labute approximate surface area is 196 Å². The molecule has 8 nitrogen and oxygen atoms in total. The Morgan fingerprint density at radius 1 is 1.12 bits per heavy atom. The molecule has 1 aliphatic heterocycles. The van der Waals surface area contributed by atoms with Crippen LogP contribution in [0.1, 0.15) is 0 Å². The fourth-order valence-corrected chi connectivity index (χ4v) is 4.49. The van der Waals surface area contributed by atoms with E-state index in [0.717, 1.165) is 42.8 Å². The predicted molar refractivity (Wildman–Crippen MR) is 133 cm³/mol. The number of benzene rings is 2. The van der Waals surface area contributed by atoms with E-state index < -0.39 is 0 Å². The highest BCUT2D eigenvalue weighted by Gasteiger charge is 2.20. The Kier molecular flexibility index (Phi) is 5.47. The molecule has 0 unspecified atom stereocenters. The first kappa shape index (κ1) is 21.4. The van der Waals surface area contributed by atoms with Gasteiger partial charge < -0.3 is 30.4 Å². The molecule has 4 N–H and O–H groups in total. The predicted octanol–water partition coefficient (Wildman–Crippen LogP) is 3.97. The number of halogens is 1. The Hall–Kier alpha value is -3.49. The van der Waals surface area contributed by atoms with Gasteiger partial charge in [-0.1, -0.05) is 17.7 Å². The number of nitrogens with two attached hydrogens (primary N) is 2. The van der Waals surface area contributed by atoms with Gasteiger partial charge in [0.05, 0.1) is 54.0 Å². The molecular weight excluding hydrogens is 440 g/mol. The third-order valence-electron chi connectivity index (χ3n) is 6.03. The number of methoxy groups -OCH3 is 1. The molecule has 1 fully saturated rings. The van der Waals surface area contributed by atoms with E-state index >= 15 is 0 Å². The molecule has 0 aliphatic carbocycles. The van der Waals surface area contributed by atoms with E-state index in [4.69, 9.17) is 37.5 Å². The number of nitrogens with zero attached hydrogens (tertiary/aromatic N) is 4. The molecule has 4 aromatic rings. The van der Waals surface area contributed by atoms with Gasteiger partial charge in [0.25, 0.3) is 0 Å². The molecule has 0 bridgehead atoms. The summed E-state index contributed by atoms with van der Waals surface area (Å²) in [4.78, 5) is 11.5. The fraction of sp³-hybridized carbons (Fsp3) is 0.250. The van der Waals surface area contributed by atoms with Crippen LogP contribution in [0, 0.1) is 0 Å². The van der Waals surface area contributed by atoms with E-state index in [9.17, 15) is 0 Å². The quantitative estimate of drug-likeness (QED) is 0.440. The minimum atomic E-state index is 0.388. The zero-order valence-electron chi connectivity index (χ0n) is 18.5. The summed E-state index contributed by atoms with van der Waals surface area (Å²) in [6, 6.07) is 9.89. The molecule has 9 heteroatoms. The zero-order valence-corrected chi connectivity index (χ0v) is 19.3. The first-order valence-corrected chi connectivity index (χ1v) is 11.0. The summed E-state index contributed by atoms with van der Waals surface area (Å²) in [5.41, 5.74) is 17.7. The summed E-state index contributed by atoms with van der Waals surface area (Å²) < 4.78 is 12.9. The summed E-state index contributed by atoms with van der Waals surface area (Å²) >= 11 is 6.58. The second kappa shape index (κ2) is 8.46. The molecule has 0 spiro atoms. The molecule has 1 aliphatic rings. The standard InChI is InChI=1S/C24H25ClN6O2/c1-30-13-16(15-4-3-14(11-19(15)30)31-7-9-33-10-8-31)23-17(25)12-28-24(29-23)21-18(26)5-6-20(32-2)22(21)27/h3-6,11-13H,7-10,26-27H2,1-2H3. The van der Waals surface area contributed by atoms with Crippen molar-refractivity contribution in [2.45, 2.75) is 0 Å². The molecule has 2 aromatic heterocycles. The van der Waals surface area contributed by atoms with Crippen LogP contribution in [-0.4, -0.2) is 47.9 Å². The minimum absolute atomic E-state index is 0.388. The van der Waals surface area contributed by atoms with Crippen molar-refractivity contribution < 1.29 is 9.47 Å². The van der Waals surface area contributed by atoms with E-state index in [1.807, 2.05) is 13.2 Å². The number of rotatable bonds is 4. The monoisotopic (exact) mass is 464 g/mol. The summed E-state index contributed by atoms with van der Waals surface area (Å²) in [7, 11) is 3.57. The number of aromatic nitrogens is 3. The summed E-state index contributed by atoms with van der Waals surface area (Å²) in [5.74, 6) is 0.908. The van der Waals surface area contributed by atoms with Crippen molar-refractivity contribution in [2.24, 2.45) is 7.05 Å². The maximum atomic E-state index is 6.58. The van der Waals surface area contributed by atoms with Gasteiger partial charge in [-0.3, -0.25) is 0 Å². The van der Waals surface area contributed by atoms with Crippen molar-refractivity contribution in [1.29, 1.82) is 0 Å². The number of morpholine rings is 1. The molecule has 2 aromatic carbocycles. The van der Waals surface area contributed by atoms with Crippen molar-refractivity contribution in [1.82, 2.24) is 14.5 Å². The van der Waals surface area contributed by atoms with Crippen molar-refractivity contribution >= 4 is 39.6 Å². The lowest BCUT2D eigenvalue weighted by Crippen LogP contribution is -2.36. The van der Waals surface area contributed by atoms with E-state index in [-0.39, 0.29) is 0 Å². The van der Waals surface area contributed by atoms with Crippen LogP contribution in [0.15, 0.2) is 42.7 Å². The first-order valence-electron chi connectivity index (χ1n) is 10.6. The van der Waals surface area contributed by atoms with Crippen LogP contribution < -0.4 is 21.1 Å². The van der Waals surface area contributed by atoms with E-state index in [2.05, 4.69) is 32.7 Å². The van der Waals surface area contributed by atoms with E-state index in [1.54, 1.807) is 25.4 Å². The van der Waals surface area contributed by atoms with Gasteiger partial charge in [-0.15, -0.1) is 0 Å². The van der Waals surface area contributed by atoms with E-state index in [1.165, 1.54) is 5.69 Å². The van der Waals surface area contributed by atoms with Crippen LogP contribution in [0.2, 0.25) is 5.02 Å². The normalized spacial score (nSPS) is 14.1. The largest absolute Gasteiger partial charge is 0.495 e. The lowest BCUT2D eigenvalue weighted by Gasteiger charge is -2.29. The van der Waals surface area contributed by atoms with Gasteiger partial charge in [-0.05, 0) is 24.3 Å². The van der Waals surface area contributed by atoms with Crippen LogP contribution >= 0.6 is 11.6 Å². The minimum Gasteiger partial charge on any atom is -0.495 e. The van der Waals surface area contributed by atoms with Gasteiger partial charge in [-0.2, -0.15) is 0 Å². The van der Waals surface area contributed by atoms with Crippen molar-refractivity contribution in [3.05, 3.63) is 47.7 Å². The average molecular weight is 465 g/mol. The molecule has 5 rings (SSSR count). The molecule has 0 atom stereocenters. The van der Waals surface area contributed by atoms with Gasteiger partial charge in [-0.25, -0.2) is 9.97 Å². The summed E-state index contributed by atoms with van der Waals surface area (Å²) in [6.07, 6.45) is 3.61. The topological polar surface area (TPSA) is 104 Å². The Balaban J connectivity index is 1.62. The van der Waals surface area contributed by atoms with E-state index in [0.29, 0.717) is 39.2 Å². The third-order valence-corrected chi connectivity index (χ3v) is 6.31. The number of anilines is 3. The van der Waals surface area contributed by atoms with Gasteiger partial charge in [0.15, 0.2) is 5.82 Å². The number of aryl methyl sites for hydroxylation is 1. The highest BCUT2D eigenvalue weighted by Crippen LogP contribution is 2.39. The zero-order chi connectivity index (χ0) is 23.1. The molecule has 3 heterocycles. The molecule has 0 saturated carbocycles. The van der Waals surface area contributed by atoms with Crippen molar-refractivity contribution in [3.8, 4) is 28.4 Å². The average Bonchev–Trinajstić information content (AvgIpc) is 3.16. The van der Waals surface area contributed by atoms with Crippen LogP contribution in [-0.2, 0) is 11.8 Å². The van der Waals surface area contributed by atoms with Gasteiger partial charge in [0, 0.05) is 48.7 Å². The Morgan fingerprint density at radius 2 is 1.91 bits per heavy atom. The summed E-state index contributed by atoms with van der Waals surface area (Å²) in [6.45, 7) is 3.25. The number of hydrogen-bond acceptors (Lipinski definition) is 7.